The van der Waals surface area contributed by atoms with Gasteiger partial charge in [0.2, 0.25) is 0 Å². The van der Waals surface area contributed by atoms with Crippen LogP contribution in [0.5, 0.6) is 0 Å². The van der Waals surface area contributed by atoms with E-state index in [-0.39, 0.29) is 5.91 Å². The molecule has 1 aromatic heterocycles. The molecule has 1 N–H and O–H groups in total. The van der Waals surface area contributed by atoms with E-state index in [2.05, 4.69) is 10.3 Å². The van der Waals surface area contributed by atoms with Crippen LogP contribution in [-0.4, -0.2) is 23.3 Å². The van der Waals surface area contributed by atoms with Gasteiger partial charge >= 0.3 is 0 Å². The molecule has 82 valence electrons. The minimum absolute atomic E-state index is 0.0687. The molecule has 1 rings (SSSR count). The highest BCUT2D eigenvalue weighted by atomic mass is 35.5. The van der Waals surface area contributed by atoms with Crippen molar-refractivity contribution in [2.45, 2.75) is 19.8 Å². The number of nitrogens with zero attached hydrogens (tertiary/aromatic N) is 1. The van der Waals surface area contributed by atoms with Gasteiger partial charge in [-0.15, -0.1) is 11.6 Å². The number of hydrogen-bond acceptors (Lipinski definition) is 2. The number of amides is 1. The summed E-state index contributed by atoms with van der Waals surface area (Å²) >= 11 is 5.53. The van der Waals surface area contributed by atoms with E-state index in [0.717, 1.165) is 18.4 Å². The number of nitrogens with one attached hydrogen (secondary N) is 1. The molecule has 0 aliphatic heterocycles. The van der Waals surface area contributed by atoms with Crippen LogP contribution in [0.2, 0.25) is 0 Å². The van der Waals surface area contributed by atoms with Crippen molar-refractivity contribution in [3.05, 3.63) is 29.6 Å². The maximum Gasteiger partial charge on any atom is 0.252 e. The van der Waals surface area contributed by atoms with Crippen LogP contribution >= 0.6 is 11.6 Å². The first-order valence-electron chi connectivity index (χ1n) is 5.00. The first-order chi connectivity index (χ1) is 7.24. The molecule has 0 saturated heterocycles. The highest BCUT2D eigenvalue weighted by Gasteiger charge is 2.04. The smallest absolute Gasteiger partial charge is 0.252 e. The van der Waals surface area contributed by atoms with Gasteiger partial charge in [0.15, 0.2) is 0 Å². The summed E-state index contributed by atoms with van der Waals surface area (Å²) in [6, 6.07) is 1.82. The predicted octanol–water partition coefficient (Wildman–Crippen LogP) is 2.14. The quantitative estimate of drug-likeness (QED) is 0.618. The van der Waals surface area contributed by atoms with Gasteiger partial charge in [-0.2, -0.15) is 0 Å². The molecule has 0 saturated carbocycles. The van der Waals surface area contributed by atoms with E-state index in [1.54, 1.807) is 12.4 Å². The minimum atomic E-state index is -0.0687. The largest absolute Gasteiger partial charge is 0.352 e. The number of hydrogen-bond donors (Lipinski definition) is 1. The van der Waals surface area contributed by atoms with Gasteiger partial charge in [0.05, 0.1) is 5.56 Å². The summed E-state index contributed by atoms with van der Waals surface area (Å²) < 4.78 is 0. The summed E-state index contributed by atoms with van der Waals surface area (Å²) in [4.78, 5) is 15.5. The summed E-state index contributed by atoms with van der Waals surface area (Å²) in [6.07, 6.45) is 5.14. The second kappa shape index (κ2) is 6.40. The zero-order valence-corrected chi connectivity index (χ0v) is 9.55. The Bertz CT molecular complexity index is 328. The van der Waals surface area contributed by atoms with E-state index in [0.29, 0.717) is 18.0 Å². The van der Waals surface area contributed by atoms with Crippen LogP contribution < -0.4 is 5.32 Å². The number of aromatic nitrogens is 1. The van der Waals surface area contributed by atoms with Gasteiger partial charge in [0.25, 0.3) is 5.91 Å². The first kappa shape index (κ1) is 12.0. The van der Waals surface area contributed by atoms with Crippen molar-refractivity contribution in [1.29, 1.82) is 0 Å². The average Bonchev–Trinajstić information content (AvgIpc) is 2.24. The molecule has 0 aromatic carbocycles. The lowest BCUT2D eigenvalue weighted by Gasteiger charge is -2.04. The van der Waals surface area contributed by atoms with Gasteiger partial charge in [-0.05, 0) is 31.4 Å². The third-order valence-corrected chi connectivity index (χ3v) is 2.25. The molecule has 15 heavy (non-hydrogen) atoms. The topological polar surface area (TPSA) is 42.0 Å². The second-order valence-electron chi connectivity index (χ2n) is 3.40. The maximum absolute atomic E-state index is 11.6. The lowest BCUT2D eigenvalue weighted by Crippen LogP contribution is -2.24. The Balaban J connectivity index is 2.40. The standard InChI is InChI=1S/C11H15ClN2O/c1-9-6-10(8-13-7-9)11(15)14-5-3-2-4-12/h6-8H,2-5H2,1H3,(H,14,15). The Morgan fingerprint density at radius 3 is 2.93 bits per heavy atom. The van der Waals surface area contributed by atoms with E-state index >= 15 is 0 Å². The SMILES string of the molecule is Cc1cncc(C(=O)NCCCCCl)c1. The Morgan fingerprint density at radius 1 is 1.47 bits per heavy atom. The van der Waals surface area contributed by atoms with Crippen LogP contribution in [0, 0.1) is 6.92 Å². The van der Waals surface area contributed by atoms with Gasteiger partial charge < -0.3 is 5.32 Å². The number of unbranched alkanes of at least 4 members (excludes halogenated alkanes) is 1. The Kier molecular flexibility index (Phi) is 5.12. The van der Waals surface area contributed by atoms with Crippen LogP contribution in [0.25, 0.3) is 0 Å². The number of rotatable bonds is 5. The van der Waals surface area contributed by atoms with E-state index in [1.807, 2.05) is 13.0 Å². The molecule has 0 aliphatic carbocycles. The highest BCUT2D eigenvalue weighted by Crippen LogP contribution is 2.01. The number of pyridine rings is 1. The van der Waals surface area contributed by atoms with Crippen LogP contribution in [0.1, 0.15) is 28.8 Å². The third-order valence-electron chi connectivity index (χ3n) is 1.98. The third kappa shape index (κ3) is 4.30. The molecule has 1 heterocycles. The molecule has 1 aromatic rings. The van der Waals surface area contributed by atoms with E-state index < -0.39 is 0 Å². The number of alkyl halides is 1. The van der Waals surface area contributed by atoms with Crippen molar-refractivity contribution in [2.24, 2.45) is 0 Å². The van der Waals surface area contributed by atoms with Crippen molar-refractivity contribution in [3.8, 4) is 0 Å². The second-order valence-corrected chi connectivity index (χ2v) is 3.78. The summed E-state index contributed by atoms with van der Waals surface area (Å²) in [6.45, 7) is 2.58. The average molecular weight is 227 g/mol. The van der Waals surface area contributed by atoms with E-state index in [9.17, 15) is 4.79 Å². The van der Waals surface area contributed by atoms with Gasteiger partial charge in [0, 0.05) is 24.8 Å². The molecule has 4 heteroatoms. The van der Waals surface area contributed by atoms with Crippen LogP contribution in [-0.2, 0) is 0 Å². The van der Waals surface area contributed by atoms with Gasteiger partial charge in [-0.3, -0.25) is 9.78 Å². The molecule has 0 unspecified atom stereocenters. The highest BCUT2D eigenvalue weighted by molar-refractivity contribution is 6.17. The molecule has 0 radical (unpaired) electrons. The fourth-order valence-electron chi connectivity index (χ4n) is 1.20. The Hall–Kier alpha value is -1.09. The number of aryl methyl sites for hydroxylation is 1. The minimum Gasteiger partial charge on any atom is -0.352 e. The first-order valence-corrected chi connectivity index (χ1v) is 5.53. The monoisotopic (exact) mass is 226 g/mol. The van der Waals surface area contributed by atoms with Crippen molar-refractivity contribution >= 4 is 17.5 Å². The van der Waals surface area contributed by atoms with E-state index in [4.69, 9.17) is 11.6 Å². The maximum atomic E-state index is 11.6. The van der Waals surface area contributed by atoms with Crippen molar-refractivity contribution < 1.29 is 4.79 Å². The molecule has 0 spiro atoms. The molecule has 1 amide bonds. The normalized spacial score (nSPS) is 10.0. The molecule has 0 bridgehead atoms. The Morgan fingerprint density at radius 2 is 2.27 bits per heavy atom. The fraction of sp³-hybridized carbons (Fsp3) is 0.455. The molecular formula is C11H15ClN2O. The summed E-state index contributed by atoms with van der Waals surface area (Å²) in [7, 11) is 0. The molecule has 3 nitrogen and oxygen atoms in total. The number of carbonyl (C=O) groups excluding carboxylic acids is 1. The van der Waals surface area contributed by atoms with Gasteiger partial charge in [-0.25, -0.2) is 0 Å². The van der Waals surface area contributed by atoms with Crippen molar-refractivity contribution in [1.82, 2.24) is 10.3 Å². The van der Waals surface area contributed by atoms with Crippen molar-refractivity contribution in [2.75, 3.05) is 12.4 Å². The lowest BCUT2D eigenvalue weighted by atomic mass is 10.2. The van der Waals surface area contributed by atoms with E-state index in [1.165, 1.54) is 0 Å². The van der Waals surface area contributed by atoms with Crippen LogP contribution in [0.4, 0.5) is 0 Å². The summed E-state index contributed by atoms with van der Waals surface area (Å²) in [5.74, 6) is 0.572. The summed E-state index contributed by atoms with van der Waals surface area (Å²) in [5, 5.41) is 2.82. The zero-order valence-electron chi connectivity index (χ0n) is 8.79. The van der Waals surface area contributed by atoms with Crippen LogP contribution in [0.15, 0.2) is 18.5 Å². The molecule has 0 atom stereocenters. The number of halogens is 1. The molecule has 0 aliphatic rings. The summed E-state index contributed by atoms with van der Waals surface area (Å²) in [5.41, 5.74) is 1.60. The zero-order chi connectivity index (χ0) is 11.1. The van der Waals surface area contributed by atoms with Crippen LogP contribution in [0.3, 0.4) is 0 Å². The fourth-order valence-corrected chi connectivity index (χ4v) is 1.39. The predicted molar refractivity (Wildman–Crippen MR) is 61.3 cm³/mol. The van der Waals surface area contributed by atoms with Gasteiger partial charge in [-0.1, -0.05) is 0 Å². The molecule has 0 fully saturated rings. The van der Waals surface area contributed by atoms with Gasteiger partial charge in [0.1, 0.15) is 0 Å². The lowest BCUT2D eigenvalue weighted by molar-refractivity contribution is 0.0952. The van der Waals surface area contributed by atoms with Crippen molar-refractivity contribution in [3.63, 3.8) is 0 Å². The number of carbonyl (C=O) groups is 1. The Labute approximate surface area is 94.9 Å². The molecular weight excluding hydrogens is 212 g/mol.